The average molecular weight is 263 g/mol. The maximum absolute atomic E-state index is 5.72. The zero-order chi connectivity index (χ0) is 12.2. The SMILES string of the molecule is c1nc(NCCC2CCCCO2)c2sccc2n1. The molecule has 0 spiro atoms. The van der Waals surface area contributed by atoms with Crippen LogP contribution >= 0.6 is 11.3 Å². The van der Waals surface area contributed by atoms with Crippen LogP contribution < -0.4 is 5.32 Å². The summed E-state index contributed by atoms with van der Waals surface area (Å²) in [6.45, 7) is 1.84. The predicted octanol–water partition coefficient (Wildman–Crippen LogP) is 3.06. The first-order valence-electron chi connectivity index (χ1n) is 6.47. The summed E-state index contributed by atoms with van der Waals surface area (Å²) in [5.74, 6) is 0.950. The van der Waals surface area contributed by atoms with Crippen LogP contribution in [0.5, 0.6) is 0 Å². The maximum atomic E-state index is 5.72. The van der Waals surface area contributed by atoms with Crippen LogP contribution in [0, 0.1) is 0 Å². The third kappa shape index (κ3) is 2.62. The number of rotatable bonds is 4. The van der Waals surface area contributed by atoms with E-state index in [4.69, 9.17) is 4.74 Å². The number of nitrogens with one attached hydrogen (secondary N) is 1. The molecule has 1 fully saturated rings. The largest absolute Gasteiger partial charge is 0.378 e. The lowest BCUT2D eigenvalue weighted by Crippen LogP contribution is -2.22. The van der Waals surface area contributed by atoms with Crippen LogP contribution in [0.2, 0.25) is 0 Å². The molecule has 1 atom stereocenters. The van der Waals surface area contributed by atoms with E-state index in [0.717, 1.165) is 35.6 Å². The number of anilines is 1. The molecule has 18 heavy (non-hydrogen) atoms. The summed E-state index contributed by atoms with van der Waals surface area (Å²) in [7, 11) is 0. The smallest absolute Gasteiger partial charge is 0.147 e. The maximum Gasteiger partial charge on any atom is 0.147 e. The topological polar surface area (TPSA) is 47.0 Å². The Morgan fingerprint density at radius 1 is 1.39 bits per heavy atom. The van der Waals surface area contributed by atoms with Gasteiger partial charge in [0.15, 0.2) is 0 Å². The molecule has 2 aromatic rings. The van der Waals surface area contributed by atoms with E-state index in [9.17, 15) is 0 Å². The first-order chi connectivity index (χ1) is 8.93. The number of thiophene rings is 1. The molecule has 4 nitrogen and oxygen atoms in total. The third-order valence-electron chi connectivity index (χ3n) is 3.28. The fraction of sp³-hybridized carbons (Fsp3) is 0.538. The lowest BCUT2D eigenvalue weighted by Gasteiger charge is -2.22. The van der Waals surface area contributed by atoms with Gasteiger partial charge in [-0.05, 0) is 37.1 Å². The van der Waals surface area contributed by atoms with E-state index in [1.54, 1.807) is 17.7 Å². The van der Waals surface area contributed by atoms with Crippen LogP contribution in [0.1, 0.15) is 25.7 Å². The standard InChI is InChI=1S/C13H17N3OS/c1-2-7-17-10(3-1)4-6-14-13-12-11(5-8-18-12)15-9-16-13/h5,8-10H,1-4,6-7H2,(H,14,15,16). The molecule has 5 heteroatoms. The third-order valence-corrected chi connectivity index (χ3v) is 4.19. The second kappa shape index (κ2) is 5.63. The Balaban J connectivity index is 1.57. The van der Waals surface area contributed by atoms with E-state index in [2.05, 4.69) is 20.7 Å². The van der Waals surface area contributed by atoms with Gasteiger partial charge < -0.3 is 10.1 Å². The molecule has 0 aromatic carbocycles. The molecule has 0 amide bonds. The lowest BCUT2D eigenvalue weighted by atomic mass is 10.1. The zero-order valence-electron chi connectivity index (χ0n) is 10.3. The highest BCUT2D eigenvalue weighted by Crippen LogP contribution is 2.25. The molecule has 3 rings (SSSR count). The van der Waals surface area contributed by atoms with Crippen molar-refractivity contribution in [2.45, 2.75) is 31.8 Å². The molecule has 0 saturated carbocycles. The summed E-state index contributed by atoms with van der Waals surface area (Å²) in [6.07, 6.45) is 6.80. The van der Waals surface area contributed by atoms with E-state index >= 15 is 0 Å². The molecule has 1 aliphatic heterocycles. The molecule has 1 saturated heterocycles. The van der Waals surface area contributed by atoms with Crippen molar-refractivity contribution in [2.75, 3.05) is 18.5 Å². The Morgan fingerprint density at radius 2 is 2.39 bits per heavy atom. The van der Waals surface area contributed by atoms with Crippen molar-refractivity contribution in [1.29, 1.82) is 0 Å². The second-order valence-corrected chi connectivity index (χ2v) is 5.48. The van der Waals surface area contributed by atoms with Crippen LogP contribution in [0.15, 0.2) is 17.8 Å². The number of fused-ring (bicyclic) bond motifs is 1. The van der Waals surface area contributed by atoms with Gasteiger partial charge in [0, 0.05) is 13.2 Å². The molecule has 2 aromatic heterocycles. The van der Waals surface area contributed by atoms with Gasteiger partial charge in [0.25, 0.3) is 0 Å². The molecule has 0 bridgehead atoms. The van der Waals surface area contributed by atoms with E-state index < -0.39 is 0 Å². The van der Waals surface area contributed by atoms with Gasteiger partial charge in [-0.3, -0.25) is 0 Å². The minimum atomic E-state index is 0.423. The van der Waals surface area contributed by atoms with Crippen LogP contribution in [0.4, 0.5) is 5.82 Å². The summed E-state index contributed by atoms with van der Waals surface area (Å²) in [4.78, 5) is 8.54. The normalized spacial score (nSPS) is 20.1. The Morgan fingerprint density at radius 3 is 3.28 bits per heavy atom. The quantitative estimate of drug-likeness (QED) is 0.921. The molecule has 1 aliphatic rings. The van der Waals surface area contributed by atoms with Crippen LogP contribution in [0.25, 0.3) is 10.2 Å². The van der Waals surface area contributed by atoms with Crippen molar-refractivity contribution in [2.24, 2.45) is 0 Å². The average Bonchev–Trinajstić information content (AvgIpc) is 2.89. The molecular formula is C13H17N3OS. The monoisotopic (exact) mass is 263 g/mol. The van der Waals surface area contributed by atoms with Crippen LogP contribution in [0.3, 0.4) is 0 Å². The summed E-state index contributed by atoms with van der Waals surface area (Å²) >= 11 is 1.68. The van der Waals surface area contributed by atoms with Gasteiger partial charge in [-0.15, -0.1) is 11.3 Å². The second-order valence-electron chi connectivity index (χ2n) is 4.56. The first kappa shape index (κ1) is 11.9. The fourth-order valence-corrected chi connectivity index (χ4v) is 3.11. The molecule has 1 N–H and O–H groups in total. The van der Waals surface area contributed by atoms with Crippen molar-refractivity contribution in [3.63, 3.8) is 0 Å². The van der Waals surface area contributed by atoms with E-state index in [1.807, 2.05) is 6.07 Å². The molecule has 3 heterocycles. The van der Waals surface area contributed by atoms with Crippen LogP contribution in [-0.4, -0.2) is 29.2 Å². The van der Waals surface area contributed by atoms with E-state index in [1.165, 1.54) is 19.3 Å². The molecule has 0 aliphatic carbocycles. The van der Waals surface area contributed by atoms with E-state index in [0.29, 0.717) is 6.10 Å². The van der Waals surface area contributed by atoms with Gasteiger partial charge in [0.2, 0.25) is 0 Å². The van der Waals surface area contributed by atoms with Crippen LogP contribution in [-0.2, 0) is 4.74 Å². The minimum absolute atomic E-state index is 0.423. The highest BCUT2D eigenvalue weighted by Gasteiger charge is 2.13. The van der Waals surface area contributed by atoms with Crippen molar-refractivity contribution in [3.8, 4) is 0 Å². The number of aromatic nitrogens is 2. The number of ether oxygens (including phenoxy) is 1. The highest BCUT2D eigenvalue weighted by atomic mass is 32.1. The van der Waals surface area contributed by atoms with E-state index in [-0.39, 0.29) is 0 Å². The number of nitrogens with zero attached hydrogens (tertiary/aromatic N) is 2. The van der Waals surface area contributed by atoms with Crippen molar-refractivity contribution in [1.82, 2.24) is 9.97 Å². The Hall–Kier alpha value is -1.20. The van der Waals surface area contributed by atoms with Gasteiger partial charge in [-0.1, -0.05) is 0 Å². The number of hydrogen-bond donors (Lipinski definition) is 1. The van der Waals surface area contributed by atoms with Crippen molar-refractivity contribution < 1.29 is 4.74 Å². The van der Waals surface area contributed by atoms with Crippen molar-refractivity contribution >= 4 is 27.4 Å². The Labute approximate surface area is 110 Å². The Kier molecular flexibility index (Phi) is 3.71. The summed E-state index contributed by atoms with van der Waals surface area (Å²) in [5.41, 5.74) is 1.02. The molecule has 96 valence electrons. The first-order valence-corrected chi connectivity index (χ1v) is 7.35. The van der Waals surface area contributed by atoms with Gasteiger partial charge in [-0.25, -0.2) is 9.97 Å². The predicted molar refractivity (Wildman–Crippen MR) is 74.1 cm³/mol. The van der Waals surface area contributed by atoms with Gasteiger partial charge in [0.1, 0.15) is 12.1 Å². The highest BCUT2D eigenvalue weighted by molar-refractivity contribution is 7.17. The summed E-state index contributed by atoms with van der Waals surface area (Å²) < 4.78 is 6.86. The fourth-order valence-electron chi connectivity index (χ4n) is 2.30. The van der Waals surface area contributed by atoms with Crippen molar-refractivity contribution in [3.05, 3.63) is 17.8 Å². The Bertz CT molecular complexity index is 508. The zero-order valence-corrected chi connectivity index (χ0v) is 11.1. The number of hydrogen-bond acceptors (Lipinski definition) is 5. The summed E-state index contributed by atoms with van der Waals surface area (Å²) in [5, 5.41) is 5.45. The molecular weight excluding hydrogens is 246 g/mol. The minimum Gasteiger partial charge on any atom is -0.378 e. The van der Waals surface area contributed by atoms with Gasteiger partial charge >= 0.3 is 0 Å². The molecule has 1 unspecified atom stereocenters. The van der Waals surface area contributed by atoms with Gasteiger partial charge in [0.05, 0.1) is 16.3 Å². The van der Waals surface area contributed by atoms with Gasteiger partial charge in [-0.2, -0.15) is 0 Å². The summed E-state index contributed by atoms with van der Waals surface area (Å²) in [6, 6.07) is 2.02. The lowest BCUT2D eigenvalue weighted by molar-refractivity contribution is 0.0134. The molecule has 0 radical (unpaired) electrons.